The third-order valence-electron chi connectivity index (χ3n) is 0.700. The molecule has 0 amide bonds. The van der Waals surface area contributed by atoms with E-state index in [1.54, 1.807) is 0 Å². The van der Waals surface area contributed by atoms with Crippen LogP contribution in [0.3, 0.4) is 0 Å². The van der Waals surface area contributed by atoms with E-state index in [1.165, 1.54) is 0 Å². The largest absolute Gasteiger partial charge is 0.357 e. The number of hydrogen-bond acceptors (Lipinski definition) is 2. The standard InChI is InChI=1S/C4Cl5NO2/c5-1(3(7)8)2(6)4(9)10(11)12/b4-2-. The Morgan fingerprint density at radius 2 is 1.42 bits per heavy atom. The Balaban J connectivity index is 5.06. The number of allylic oxidation sites excluding steroid dienone is 2. The highest BCUT2D eigenvalue weighted by atomic mass is 35.5. The van der Waals surface area contributed by atoms with Crippen LogP contribution < -0.4 is 0 Å². The van der Waals surface area contributed by atoms with Gasteiger partial charge >= 0.3 is 5.16 Å². The molecule has 0 bridgehead atoms. The number of rotatable bonds is 2. The normalized spacial score (nSPS) is 12.1. The van der Waals surface area contributed by atoms with E-state index < -0.39 is 15.1 Å². The van der Waals surface area contributed by atoms with Crippen molar-refractivity contribution in [2.24, 2.45) is 0 Å². The van der Waals surface area contributed by atoms with Crippen LogP contribution in [0.5, 0.6) is 0 Å². The van der Waals surface area contributed by atoms with E-state index >= 15 is 0 Å². The zero-order valence-corrected chi connectivity index (χ0v) is 8.93. The molecular formula is C4Cl5NO2. The van der Waals surface area contributed by atoms with Gasteiger partial charge in [-0.25, -0.2) is 0 Å². The first-order chi connectivity index (χ1) is 5.37. The maximum atomic E-state index is 10.0. The SMILES string of the molecule is O=[N+]([O-])/C(Cl)=C(\Cl)C(Cl)=C(Cl)Cl. The summed E-state index contributed by atoms with van der Waals surface area (Å²) in [7, 11) is 0. The molecule has 0 aromatic carbocycles. The minimum Gasteiger partial charge on any atom is -0.257 e. The highest BCUT2D eigenvalue weighted by molar-refractivity contribution is 6.62. The van der Waals surface area contributed by atoms with Gasteiger partial charge in [-0.3, -0.25) is 10.1 Å². The second kappa shape index (κ2) is 5.14. The summed E-state index contributed by atoms with van der Waals surface area (Å²) in [6.07, 6.45) is 0. The molecule has 0 aromatic heterocycles. The van der Waals surface area contributed by atoms with E-state index in [0.29, 0.717) is 0 Å². The molecule has 0 rings (SSSR count). The number of nitrogens with zero attached hydrogens (tertiary/aromatic N) is 1. The summed E-state index contributed by atoms with van der Waals surface area (Å²) in [6.45, 7) is 0. The summed E-state index contributed by atoms with van der Waals surface area (Å²) in [5.41, 5.74) is 0. The van der Waals surface area contributed by atoms with E-state index in [-0.39, 0.29) is 9.52 Å². The van der Waals surface area contributed by atoms with Crippen LogP contribution in [0.15, 0.2) is 19.7 Å². The molecular weight excluding hydrogens is 271 g/mol. The summed E-state index contributed by atoms with van der Waals surface area (Å²) < 4.78 is -0.387. The van der Waals surface area contributed by atoms with E-state index in [9.17, 15) is 10.1 Å². The predicted molar refractivity (Wildman–Crippen MR) is 50.3 cm³/mol. The van der Waals surface area contributed by atoms with Crippen molar-refractivity contribution in [2.45, 2.75) is 0 Å². The minimum atomic E-state index is -0.914. The molecule has 3 nitrogen and oxygen atoms in total. The van der Waals surface area contributed by atoms with Gasteiger partial charge in [-0.05, 0) is 11.6 Å². The molecule has 0 aliphatic rings. The molecule has 0 saturated carbocycles. The van der Waals surface area contributed by atoms with Gasteiger partial charge in [-0.2, -0.15) is 0 Å². The molecule has 8 heteroatoms. The fourth-order valence-electron chi connectivity index (χ4n) is 0.254. The summed E-state index contributed by atoms with van der Waals surface area (Å²) in [5, 5.41) is 8.34. The second-order valence-electron chi connectivity index (χ2n) is 1.44. The monoisotopic (exact) mass is 269 g/mol. The van der Waals surface area contributed by atoms with E-state index in [2.05, 4.69) is 0 Å². The second-order valence-corrected chi connectivity index (χ2v) is 3.50. The van der Waals surface area contributed by atoms with Gasteiger partial charge in [0.25, 0.3) is 0 Å². The molecule has 68 valence electrons. The molecule has 0 saturated heterocycles. The van der Waals surface area contributed by atoms with Crippen molar-refractivity contribution in [1.82, 2.24) is 0 Å². The number of hydrogen-bond donors (Lipinski definition) is 0. The average Bonchev–Trinajstić information content (AvgIpc) is 2.00. The van der Waals surface area contributed by atoms with Gasteiger partial charge in [0, 0.05) is 0 Å². The van der Waals surface area contributed by atoms with Crippen molar-refractivity contribution >= 4 is 58.0 Å². The Hall–Kier alpha value is 0.330. The summed E-state index contributed by atoms with van der Waals surface area (Å²) >= 11 is 26.1. The lowest BCUT2D eigenvalue weighted by Gasteiger charge is -1.94. The lowest BCUT2D eigenvalue weighted by molar-refractivity contribution is -0.412. The third-order valence-corrected chi connectivity index (χ3v) is 2.54. The molecule has 0 aliphatic carbocycles. The van der Waals surface area contributed by atoms with Crippen molar-refractivity contribution in [3.05, 3.63) is 29.8 Å². The quantitative estimate of drug-likeness (QED) is 0.332. The zero-order chi connectivity index (χ0) is 9.89. The lowest BCUT2D eigenvalue weighted by atomic mass is 10.6. The zero-order valence-electron chi connectivity index (χ0n) is 5.15. The molecule has 0 fully saturated rings. The first-order valence-corrected chi connectivity index (χ1v) is 4.17. The fraction of sp³-hybridized carbons (Fsp3) is 0. The van der Waals surface area contributed by atoms with Crippen LogP contribution in [0.25, 0.3) is 0 Å². The van der Waals surface area contributed by atoms with Gasteiger partial charge in [0.2, 0.25) is 0 Å². The van der Waals surface area contributed by atoms with Gasteiger partial charge < -0.3 is 0 Å². The molecule has 0 unspecified atom stereocenters. The maximum absolute atomic E-state index is 10.0. The van der Waals surface area contributed by atoms with Crippen LogP contribution in [0.4, 0.5) is 0 Å². The minimum absolute atomic E-state index is 0.360. The van der Waals surface area contributed by atoms with Crippen molar-refractivity contribution in [2.75, 3.05) is 0 Å². The van der Waals surface area contributed by atoms with Crippen LogP contribution in [-0.2, 0) is 0 Å². The number of nitro groups is 1. The lowest BCUT2D eigenvalue weighted by Crippen LogP contribution is -1.94. The highest BCUT2D eigenvalue weighted by Gasteiger charge is 2.18. The third kappa shape index (κ3) is 3.37. The fourth-order valence-corrected chi connectivity index (χ4v) is 0.935. The number of halogens is 5. The Morgan fingerprint density at radius 3 is 1.67 bits per heavy atom. The van der Waals surface area contributed by atoms with Gasteiger partial charge in [0.05, 0.1) is 9.96 Å². The first kappa shape index (κ1) is 12.3. The van der Waals surface area contributed by atoms with Gasteiger partial charge in [0.1, 0.15) is 4.49 Å². The first-order valence-electron chi connectivity index (χ1n) is 2.28. The molecule has 12 heavy (non-hydrogen) atoms. The topological polar surface area (TPSA) is 43.1 Å². The smallest absolute Gasteiger partial charge is 0.257 e. The highest BCUT2D eigenvalue weighted by Crippen LogP contribution is 2.31. The van der Waals surface area contributed by atoms with Crippen LogP contribution >= 0.6 is 58.0 Å². The van der Waals surface area contributed by atoms with Gasteiger partial charge in [0.15, 0.2) is 5.03 Å². The van der Waals surface area contributed by atoms with Crippen molar-refractivity contribution < 1.29 is 4.92 Å². The van der Waals surface area contributed by atoms with E-state index in [0.717, 1.165) is 0 Å². The van der Waals surface area contributed by atoms with E-state index in [1.807, 2.05) is 0 Å². The average molecular weight is 271 g/mol. The Labute approximate surface area is 92.6 Å². The Morgan fingerprint density at radius 1 is 1.00 bits per heavy atom. The van der Waals surface area contributed by atoms with Crippen molar-refractivity contribution in [3.63, 3.8) is 0 Å². The molecule has 0 N–H and O–H groups in total. The van der Waals surface area contributed by atoms with Crippen LogP contribution in [-0.4, -0.2) is 4.92 Å². The maximum Gasteiger partial charge on any atom is 0.357 e. The molecule has 0 spiro atoms. The van der Waals surface area contributed by atoms with Crippen LogP contribution in [0.2, 0.25) is 0 Å². The summed E-state index contributed by atoms with van der Waals surface area (Å²) in [4.78, 5) is 9.12. The van der Waals surface area contributed by atoms with Crippen molar-refractivity contribution in [1.29, 1.82) is 0 Å². The molecule has 0 radical (unpaired) electrons. The molecule has 0 aromatic rings. The van der Waals surface area contributed by atoms with Crippen LogP contribution in [0, 0.1) is 10.1 Å². The predicted octanol–water partition coefficient (Wildman–Crippen LogP) is 3.80. The van der Waals surface area contributed by atoms with Gasteiger partial charge in [-0.1, -0.05) is 46.4 Å². The summed E-state index contributed by atoms with van der Waals surface area (Å²) in [5.74, 6) is 0. The van der Waals surface area contributed by atoms with Crippen LogP contribution in [0.1, 0.15) is 0 Å². The van der Waals surface area contributed by atoms with Crippen molar-refractivity contribution in [3.8, 4) is 0 Å². The molecule has 0 heterocycles. The Bertz CT molecular complexity index is 267. The molecule has 0 atom stereocenters. The van der Waals surface area contributed by atoms with Gasteiger partial charge in [-0.15, -0.1) is 0 Å². The summed E-state index contributed by atoms with van der Waals surface area (Å²) in [6, 6.07) is 0. The van der Waals surface area contributed by atoms with E-state index in [4.69, 9.17) is 58.0 Å². The molecule has 0 aliphatic heterocycles. The Kier molecular flexibility index (Phi) is 5.29.